The van der Waals surface area contributed by atoms with E-state index in [1.165, 1.54) is 4.57 Å². The highest BCUT2D eigenvalue weighted by molar-refractivity contribution is 6.26. The first-order chi connectivity index (χ1) is 11.9. The predicted molar refractivity (Wildman–Crippen MR) is 88.3 cm³/mol. The summed E-state index contributed by atoms with van der Waals surface area (Å²) in [5.41, 5.74) is 4.74. The van der Waals surface area contributed by atoms with Gasteiger partial charge in [-0.2, -0.15) is 4.98 Å². The number of H-pyrrole nitrogens is 1. The minimum Gasteiger partial charge on any atom is -0.396 e. The van der Waals surface area contributed by atoms with Gasteiger partial charge in [0.2, 0.25) is 5.95 Å². The Bertz CT molecular complexity index is 933. The summed E-state index contributed by atoms with van der Waals surface area (Å²) in [6.07, 6.45) is -0.913. The Hall–Kier alpha value is -2.12. The maximum absolute atomic E-state index is 14.3. The van der Waals surface area contributed by atoms with Crippen molar-refractivity contribution in [2.75, 3.05) is 18.9 Å². The molecular weight excluding hydrogens is 355 g/mol. The van der Waals surface area contributed by atoms with Crippen LogP contribution in [0.3, 0.4) is 0 Å². The Morgan fingerprint density at radius 3 is 2.88 bits per heavy atom. The van der Waals surface area contributed by atoms with E-state index >= 15 is 0 Å². The van der Waals surface area contributed by atoms with Crippen molar-refractivity contribution < 1.29 is 19.3 Å². The molecular formula is C15H16ClFN4O4. The Morgan fingerprint density at radius 1 is 1.56 bits per heavy atom. The molecule has 1 fully saturated rings. The number of hydrogen-bond donors (Lipinski definition) is 4. The van der Waals surface area contributed by atoms with Gasteiger partial charge in [-0.05, 0) is 6.92 Å². The minimum absolute atomic E-state index is 0.0676. The van der Waals surface area contributed by atoms with Crippen molar-refractivity contribution >= 4 is 28.6 Å². The molecule has 0 spiro atoms. The second kappa shape index (κ2) is 6.31. The largest absolute Gasteiger partial charge is 0.396 e. The van der Waals surface area contributed by atoms with Crippen molar-refractivity contribution in [1.82, 2.24) is 14.5 Å². The van der Waals surface area contributed by atoms with E-state index in [2.05, 4.69) is 21.8 Å². The van der Waals surface area contributed by atoms with E-state index in [0.29, 0.717) is 0 Å². The first kappa shape index (κ1) is 17.7. The lowest BCUT2D eigenvalue weighted by Gasteiger charge is -2.27. The molecule has 1 aliphatic heterocycles. The summed E-state index contributed by atoms with van der Waals surface area (Å²) >= 11 is 6.64. The average Bonchev–Trinajstić information content (AvgIpc) is 3.01. The normalized spacial score (nSPS) is 28.9. The zero-order valence-electron chi connectivity index (χ0n) is 13.2. The number of rotatable bonds is 3. The van der Waals surface area contributed by atoms with Crippen LogP contribution in [0.25, 0.3) is 11.0 Å². The Labute approximate surface area is 146 Å². The van der Waals surface area contributed by atoms with E-state index in [1.54, 1.807) is 6.92 Å². The molecule has 1 aliphatic rings. The highest BCUT2D eigenvalue weighted by Gasteiger charge is 2.56. The fourth-order valence-corrected chi connectivity index (χ4v) is 3.62. The lowest BCUT2D eigenvalue weighted by Crippen LogP contribution is -2.38. The van der Waals surface area contributed by atoms with Gasteiger partial charge in [-0.25, -0.2) is 4.39 Å². The number of nitrogen functional groups attached to an aromatic ring is 1. The zero-order valence-corrected chi connectivity index (χ0v) is 13.9. The molecule has 3 heterocycles. The molecule has 4 atom stereocenters. The summed E-state index contributed by atoms with van der Waals surface area (Å²) in [5.74, 6) is 3.66. The zero-order chi connectivity index (χ0) is 18.4. The molecule has 0 bridgehead atoms. The van der Waals surface area contributed by atoms with E-state index in [4.69, 9.17) is 22.1 Å². The van der Waals surface area contributed by atoms with Crippen molar-refractivity contribution in [3.8, 4) is 11.8 Å². The molecule has 0 amide bonds. The van der Waals surface area contributed by atoms with Gasteiger partial charge in [0, 0.05) is 12.1 Å². The third kappa shape index (κ3) is 2.58. The first-order valence-electron chi connectivity index (χ1n) is 7.43. The van der Waals surface area contributed by atoms with Crippen LogP contribution in [0.15, 0.2) is 11.0 Å². The second-order valence-corrected chi connectivity index (χ2v) is 6.30. The topological polar surface area (TPSA) is 126 Å². The molecule has 2 unspecified atom stereocenters. The maximum atomic E-state index is 14.3. The van der Waals surface area contributed by atoms with E-state index in [1.807, 2.05) is 0 Å². The second-order valence-electron chi connectivity index (χ2n) is 5.68. The van der Waals surface area contributed by atoms with Gasteiger partial charge in [0.25, 0.3) is 5.56 Å². The molecule has 1 saturated heterocycles. The standard InChI is InChI=1S/C15H16ClFN4O4/c1-2-3-15(16)7(5-22)9(6-23)25-13(15)21-4-8(17)10-11(21)19-14(18)20-12(10)24/h4,7,9,13,22-23H,5-6H2,1H3,(H3,18,19,20,24)/t7?,9-,13-,15?/m1/s1. The number of aliphatic hydroxyl groups is 2. The number of nitrogens with two attached hydrogens (primary N) is 1. The molecule has 0 radical (unpaired) electrons. The average molecular weight is 371 g/mol. The molecule has 2 aromatic heterocycles. The predicted octanol–water partition coefficient (Wildman–Crippen LogP) is -0.0550. The van der Waals surface area contributed by atoms with E-state index in [9.17, 15) is 19.4 Å². The van der Waals surface area contributed by atoms with E-state index in [-0.39, 0.29) is 17.0 Å². The number of aromatic amines is 1. The van der Waals surface area contributed by atoms with Gasteiger partial charge in [0.15, 0.2) is 22.6 Å². The maximum Gasteiger partial charge on any atom is 0.264 e. The minimum atomic E-state index is -1.46. The number of nitrogens with one attached hydrogen (secondary N) is 1. The first-order valence-corrected chi connectivity index (χ1v) is 7.81. The van der Waals surface area contributed by atoms with E-state index < -0.39 is 47.7 Å². The number of aliphatic hydroxyl groups excluding tert-OH is 2. The van der Waals surface area contributed by atoms with Crippen LogP contribution in [-0.4, -0.2) is 48.9 Å². The van der Waals surface area contributed by atoms with Crippen LogP contribution in [0.2, 0.25) is 0 Å². The van der Waals surface area contributed by atoms with Crippen LogP contribution in [0.4, 0.5) is 10.3 Å². The number of hydrogen-bond acceptors (Lipinski definition) is 6. The van der Waals surface area contributed by atoms with Crippen molar-refractivity contribution in [1.29, 1.82) is 0 Å². The molecule has 3 rings (SSSR count). The summed E-state index contributed by atoms with van der Waals surface area (Å²) < 4.78 is 21.2. The fraction of sp³-hybridized carbons (Fsp3) is 0.467. The lowest BCUT2D eigenvalue weighted by atomic mass is 9.89. The highest BCUT2D eigenvalue weighted by Crippen LogP contribution is 2.48. The molecule has 0 aromatic carbocycles. The van der Waals surface area contributed by atoms with Crippen molar-refractivity contribution in [3.63, 3.8) is 0 Å². The Morgan fingerprint density at radius 2 is 2.28 bits per heavy atom. The molecule has 10 heteroatoms. The molecule has 0 saturated carbocycles. The van der Waals surface area contributed by atoms with Gasteiger partial charge in [0.1, 0.15) is 5.39 Å². The molecule has 25 heavy (non-hydrogen) atoms. The Balaban J connectivity index is 2.25. The van der Waals surface area contributed by atoms with Crippen LogP contribution in [0.5, 0.6) is 0 Å². The summed E-state index contributed by atoms with van der Waals surface area (Å²) in [4.78, 5) is 16.7. The lowest BCUT2D eigenvalue weighted by molar-refractivity contribution is -0.0346. The fourth-order valence-electron chi connectivity index (χ4n) is 3.15. The van der Waals surface area contributed by atoms with E-state index in [0.717, 1.165) is 6.20 Å². The monoisotopic (exact) mass is 370 g/mol. The van der Waals surface area contributed by atoms with Crippen molar-refractivity contribution in [2.24, 2.45) is 5.92 Å². The van der Waals surface area contributed by atoms with Crippen molar-refractivity contribution in [3.05, 3.63) is 22.4 Å². The number of anilines is 1. The van der Waals surface area contributed by atoms with Crippen LogP contribution in [0, 0.1) is 23.6 Å². The summed E-state index contributed by atoms with van der Waals surface area (Å²) in [7, 11) is 0. The SMILES string of the molecule is CC#CC1(Cl)C(CO)[C@@H](CO)O[C@H]1n1cc(F)c2c(=O)[nH]c(N)nc21. The van der Waals surface area contributed by atoms with Crippen LogP contribution in [-0.2, 0) is 4.74 Å². The Kier molecular flexibility index (Phi) is 4.47. The number of aromatic nitrogens is 3. The summed E-state index contributed by atoms with van der Waals surface area (Å²) in [6.45, 7) is 0.731. The molecule has 0 aliphatic carbocycles. The summed E-state index contributed by atoms with van der Waals surface area (Å²) in [6, 6.07) is 0. The van der Waals surface area contributed by atoms with Gasteiger partial charge in [-0.1, -0.05) is 17.5 Å². The summed E-state index contributed by atoms with van der Waals surface area (Å²) in [5, 5.41) is 18.9. The molecule has 2 aromatic rings. The van der Waals surface area contributed by atoms with Gasteiger partial charge in [-0.3, -0.25) is 14.3 Å². The number of halogens is 2. The van der Waals surface area contributed by atoms with Gasteiger partial charge < -0.3 is 20.7 Å². The van der Waals surface area contributed by atoms with Crippen LogP contribution >= 0.6 is 11.6 Å². The molecule has 5 N–H and O–H groups in total. The molecule has 134 valence electrons. The van der Waals surface area contributed by atoms with Gasteiger partial charge in [-0.15, -0.1) is 5.92 Å². The third-order valence-corrected chi connectivity index (χ3v) is 4.81. The van der Waals surface area contributed by atoms with Gasteiger partial charge >= 0.3 is 0 Å². The number of nitrogens with zero attached hydrogens (tertiary/aromatic N) is 2. The highest BCUT2D eigenvalue weighted by atomic mass is 35.5. The molecule has 8 nitrogen and oxygen atoms in total. The quantitative estimate of drug-likeness (QED) is 0.443. The number of ether oxygens (including phenoxy) is 1. The number of alkyl halides is 1. The third-order valence-electron chi connectivity index (χ3n) is 4.25. The van der Waals surface area contributed by atoms with Crippen LogP contribution in [0.1, 0.15) is 13.2 Å². The number of fused-ring (bicyclic) bond motifs is 1. The van der Waals surface area contributed by atoms with Crippen LogP contribution < -0.4 is 11.3 Å². The van der Waals surface area contributed by atoms with Crippen molar-refractivity contribution in [2.45, 2.75) is 24.1 Å². The van der Waals surface area contributed by atoms with Gasteiger partial charge in [0.05, 0.1) is 19.3 Å². The smallest absolute Gasteiger partial charge is 0.264 e.